The van der Waals surface area contributed by atoms with Crippen molar-refractivity contribution in [2.45, 2.75) is 19.3 Å². The maximum absolute atomic E-state index is 11.1. The van der Waals surface area contributed by atoms with Crippen molar-refractivity contribution in [3.8, 4) is 0 Å². The Balaban J connectivity index is 3.39. The van der Waals surface area contributed by atoms with E-state index in [0.717, 1.165) is 0 Å². The lowest BCUT2D eigenvalue weighted by atomic mass is 10.2. The molecule has 0 spiro atoms. The van der Waals surface area contributed by atoms with Crippen molar-refractivity contribution in [3.05, 3.63) is 0 Å². The van der Waals surface area contributed by atoms with Crippen molar-refractivity contribution in [3.63, 3.8) is 0 Å². The molecule has 5 heteroatoms. The second kappa shape index (κ2) is 9.02. The van der Waals surface area contributed by atoms with Gasteiger partial charge in [0.15, 0.2) is 0 Å². The average molecular weight is 219 g/mol. The molecule has 1 N–H and O–H groups in total. The monoisotopic (exact) mass is 219 g/mol. The normalized spacial score (nSPS) is 9.86. The highest BCUT2D eigenvalue weighted by atomic mass is 32.1. The number of Topliss-reactive ketones (excluding diaryl/α,β-unsaturated/α-hetero) is 1. The number of hydrogen-bond donors (Lipinski definition) is 2. The first kappa shape index (κ1) is 13.4. The molecule has 0 heterocycles. The molecule has 82 valence electrons. The number of nitrogens with one attached hydrogen (secondary N) is 1. The summed E-state index contributed by atoms with van der Waals surface area (Å²) in [4.78, 5) is 22.1. The fraction of sp³-hybridized carbons (Fsp3) is 0.778. The van der Waals surface area contributed by atoms with E-state index in [-0.39, 0.29) is 18.1 Å². The fourth-order valence-electron chi connectivity index (χ4n) is 0.884. The van der Waals surface area contributed by atoms with Gasteiger partial charge in [-0.2, -0.15) is 12.6 Å². The lowest BCUT2D eigenvalue weighted by molar-refractivity contribution is -0.125. The molecule has 0 saturated carbocycles. The van der Waals surface area contributed by atoms with E-state index in [4.69, 9.17) is 4.74 Å². The van der Waals surface area contributed by atoms with Crippen LogP contribution < -0.4 is 5.32 Å². The van der Waals surface area contributed by atoms with E-state index >= 15 is 0 Å². The van der Waals surface area contributed by atoms with Crippen LogP contribution in [0.4, 0.5) is 0 Å². The van der Waals surface area contributed by atoms with Crippen LogP contribution in [-0.2, 0) is 14.3 Å². The molecule has 0 aliphatic rings. The van der Waals surface area contributed by atoms with Gasteiger partial charge in [0.1, 0.15) is 5.78 Å². The van der Waals surface area contributed by atoms with Gasteiger partial charge in [0.2, 0.25) is 5.91 Å². The van der Waals surface area contributed by atoms with Crippen LogP contribution in [0.3, 0.4) is 0 Å². The Morgan fingerprint density at radius 1 is 1.29 bits per heavy atom. The number of methoxy groups -OCH3 is 1. The van der Waals surface area contributed by atoms with Crippen molar-refractivity contribution < 1.29 is 14.3 Å². The van der Waals surface area contributed by atoms with Gasteiger partial charge in [-0.15, -0.1) is 0 Å². The molecule has 0 fully saturated rings. The Bertz CT molecular complexity index is 185. The summed E-state index contributed by atoms with van der Waals surface area (Å²) in [6, 6.07) is 0. The Kier molecular flexibility index (Phi) is 8.67. The van der Waals surface area contributed by atoms with Gasteiger partial charge in [-0.1, -0.05) is 0 Å². The molecule has 0 saturated heterocycles. The summed E-state index contributed by atoms with van der Waals surface area (Å²) in [5.41, 5.74) is 0. The maximum Gasteiger partial charge on any atom is 0.220 e. The van der Waals surface area contributed by atoms with Gasteiger partial charge in [0.05, 0.1) is 6.61 Å². The summed E-state index contributed by atoms with van der Waals surface area (Å²) in [5, 5.41) is 2.65. The lowest BCUT2D eigenvalue weighted by Crippen LogP contribution is -2.27. The summed E-state index contributed by atoms with van der Waals surface area (Å²) in [7, 11) is 1.57. The lowest BCUT2D eigenvalue weighted by Gasteiger charge is -2.03. The largest absolute Gasteiger partial charge is 0.383 e. The third-order valence-corrected chi connectivity index (χ3v) is 1.87. The van der Waals surface area contributed by atoms with Gasteiger partial charge >= 0.3 is 0 Å². The molecule has 0 aromatic heterocycles. The van der Waals surface area contributed by atoms with Crippen LogP contribution in [0.15, 0.2) is 0 Å². The molecule has 0 aromatic carbocycles. The number of carbonyl (C=O) groups excluding carboxylic acids is 2. The molecule has 0 rings (SSSR count). The maximum atomic E-state index is 11.1. The van der Waals surface area contributed by atoms with Crippen molar-refractivity contribution in [1.82, 2.24) is 5.32 Å². The first-order valence-electron chi connectivity index (χ1n) is 4.59. The third kappa shape index (κ3) is 8.07. The fourth-order valence-corrected chi connectivity index (χ4v) is 1.13. The zero-order chi connectivity index (χ0) is 10.8. The topological polar surface area (TPSA) is 55.4 Å². The third-order valence-electron chi connectivity index (χ3n) is 1.65. The molecule has 0 aliphatic carbocycles. The highest BCUT2D eigenvalue weighted by Gasteiger charge is 2.05. The average Bonchev–Trinajstić information content (AvgIpc) is 2.16. The van der Waals surface area contributed by atoms with Gasteiger partial charge in [-0.25, -0.2) is 0 Å². The minimum absolute atomic E-state index is 0.0851. The summed E-state index contributed by atoms with van der Waals surface area (Å²) in [6.45, 7) is 0.992. The van der Waals surface area contributed by atoms with Gasteiger partial charge in [-0.3, -0.25) is 9.59 Å². The van der Waals surface area contributed by atoms with Crippen LogP contribution in [0.25, 0.3) is 0 Å². The Hall–Kier alpha value is -0.550. The van der Waals surface area contributed by atoms with E-state index < -0.39 is 0 Å². The van der Waals surface area contributed by atoms with Crippen LogP contribution >= 0.6 is 12.6 Å². The number of amides is 1. The summed E-state index contributed by atoms with van der Waals surface area (Å²) >= 11 is 3.94. The Morgan fingerprint density at radius 2 is 2.00 bits per heavy atom. The molecular weight excluding hydrogens is 202 g/mol. The van der Waals surface area contributed by atoms with Crippen LogP contribution in [-0.4, -0.2) is 37.7 Å². The molecule has 14 heavy (non-hydrogen) atoms. The molecule has 0 bridgehead atoms. The number of hydrogen-bond acceptors (Lipinski definition) is 4. The second-order valence-electron chi connectivity index (χ2n) is 2.86. The zero-order valence-corrected chi connectivity index (χ0v) is 9.31. The van der Waals surface area contributed by atoms with Crippen LogP contribution in [0.2, 0.25) is 0 Å². The van der Waals surface area contributed by atoms with E-state index in [1.54, 1.807) is 7.11 Å². The summed E-state index contributed by atoms with van der Waals surface area (Å²) in [6.07, 6.45) is 1.00. The first-order chi connectivity index (χ1) is 6.70. The molecule has 0 unspecified atom stereocenters. The standard InChI is InChI=1S/C9H17NO3S/c1-13-6-5-10-9(12)3-2-8(11)4-7-14/h14H,2-7H2,1H3,(H,10,12). The van der Waals surface area contributed by atoms with Crippen LogP contribution in [0.1, 0.15) is 19.3 Å². The van der Waals surface area contributed by atoms with E-state index in [9.17, 15) is 9.59 Å². The SMILES string of the molecule is COCCNC(=O)CCC(=O)CCS. The Morgan fingerprint density at radius 3 is 2.57 bits per heavy atom. The predicted octanol–water partition coefficient (Wildman–Crippen LogP) is 0.418. The number of rotatable bonds is 8. The first-order valence-corrected chi connectivity index (χ1v) is 5.22. The van der Waals surface area contributed by atoms with Crippen molar-refractivity contribution >= 4 is 24.3 Å². The highest BCUT2D eigenvalue weighted by molar-refractivity contribution is 7.80. The van der Waals surface area contributed by atoms with Gasteiger partial charge in [0, 0.05) is 32.9 Å². The van der Waals surface area contributed by atoms with Gasteiger partial charge in [-0.05, 0) is 5.75 Å². The van der Waals surface area contributed by atoms with E-state index in [2.05, 4.69) is 17.9 Å². The molecule has 0 radical (unpaired) electrons. The number of ketones is 1. The molecule has 0 atom stereocenters. The number of thiol groups is 1. The Labute approximate surface area is 89.8 Å². The highest BCUT2D eigenvalue weighted by Crippen LogP contribution is 1.96. The van der Waals surface area contributed by atoms with Crippen LogP contribution in [0, 0.1) is 0 Å². The molecule has 4 nitrogen and oxygen atoms in total. The minimum atomic E-state index is -0.102. The molecule has 0 aromatic rings. The molecule has 1 amide bonds. The quantitative estimate of drug-likeness (QED) is 0.459. The minimum Gasteiger partial charge on any atom is -0.383 e. The molecule has 0 aliphatic heterocycles. The zero-order valence-electron chi connectivity index (χ0n) is 8.41. The summed E-state index contributed by atoms with van der Waals surface area (Å²) in [5.74, 6) is 0.529. The van der Waals surface area contributed by atoms with Crippen molar-refractivity contribution in [2.75, 3.05) is 26.0 Å². The second-order valence-corrected chi connectivity index (χ2v) is 3.30. The van der Waals surface area contributed by atoms with E-state index in [1.165, 1.54) is 0 Å². The predicted molar refractivity (Wildman–Crippen MR) is 57.6 cm³/mol. The van der Waals surface area contributed by atoms with Gasteiger partial charge in [0.25, 0.3) is 0 Å². The van der Waals surface area contributed by atoms with Crippen molar-refractivity contribution in [2.24, 2.45) is 0 Å². The smallest absolute Gasteiger partial charge is 0.220 e. The number of carbonyl (C=O) groups is 2. The van der Waals surface area contributed by atoms with Crippen molar-refractivity contribution in [1.29, 1.82) is 0 Å². The van der Waals surface area contributed by atoms with E-state index in [0.29, 0.717) is 31.7 Å². The summed E-state index contributed by atoms with van der Waals surface area (Å²) < 4.78 is 4.76. The molecular formula is C9H17NO3S. The van der Waals surface area contributed by atoms with Gasteiger partial charge < -0.3 is 10.1 Å². The van der Waals surface area contributed by atoms with Crippen LogP contribution in [0.5, 0.6) is 0 Å². The number of ether oxygens (including phenoxy) is 1. The van der Waals surface area contributed by atoms with E-state index in [1.807, 2.05) is 0 Å².